The standard InChI is InChI=1S/C19H27N3O3/c23-12-2-9-21-8-1-3-18(15-21)20-17-6-4-16(5-7-17)19(24)22-10-13-25-14-11-22/h4-7,12,18,20H,1-3,8-11,13-15H2/t18-/m1/s1. The van der Waals surface area contributed by atoms with Crippen LogP contribution in [0.2, 0.25) is 0 Å². The lowest BCUT2D eigenvalue weighted by Crippen LogP contribution is -2.42. The minimum Gasteiger partial charge on any atom is -0.381 e. The molecule has 1 aromatic carbocycles. The molecule has 1 N–H and O–H groups in total. The third kappa shape index (κ3) is 5.03. The molecule has 2 aliphatic rings. The second-order valence-electron chi connectivity index (χ2n) is 6.72. The molecule has 6 nitrogen and oxygen atoms in total. The Labute approximate surface area is 149 Å². The summed E-state index contributed by atoms with van der Waals surface area (Å²) in [6.07, 6.45) is 3.86. The van der Waals surface area contributed by atoms with Crippen LogP contribution in [-0.4, -0.2) is 74.0 Å². The predicted octanol–water partition coefficient (Wildman–Crippen LogP) is 1.62. The molecule has 0 bridgehead atoms. The van der Waals surface area contributed by atoms with E-state index in [2.05, 4.69) is 10.2 Å². The SMILES string of the molecule is O=CCCN1CCC[C@@H](Nc2ccc(C(=O)N3CCOCC3)cc2)C1. The number of ether oxygens (including phenoxy) is 1. The Bertz CT molecular complexity index is 570. The van der Waals surface area contributed by atoms with Crippen molar-refractivity contribution in [1.29, 1.82) is 0 Å². The van der Waals surface area contributed by atoms with Gasteiger partial charge in [0, 0.05) is 49.9 Å². The summed E-state index contributed by atoms with van der Waals surface area (Å²) >= 11 is 0. The second kappa shape index (κ2) is 8.97. The van der Waals surface area contributed by atoms with E-state index in [1.807, 2.05) is 29.2 Å². The van der Waals surface area contributed by atoms with Crippen LogP contribution in [0.4, 0.5) is 5.69 Å². The Kier molecular flexibility index (Phi) is 6.42. The van der Waals surface area contributed by atoms with E-state index in [0.717, 1.165) is 50.0 Å². The third-order valence-electron chi connectivity index (χ3n) is 4.87. The molecule has 3 rings (SSSR count). The molecule has 2 saturated heterocycles. The quantitative estimate of drug-likeness (QED) is 0.794. The van der Waals surface area contributed by atoms with Gasteiger partial charge in [-0.25, -0.2) is 0 Å². The van der Waals surface area contributed by atoms with Gasteiger partial charge < -0.3 is 24.6 Å². The van der Waals surface area contributed by atoms with Crippen molar-refractivity contribution < 1.29 is 14.3 Å². The molecule has 0 unspecified atom stereocenters. The number of amides is 1. The summed E-state index contributed by atoms with van der Waals surface area (Å²) < 4.78 is 5.30. The molecule has 1 aromatic rings. The van der Waals surface area contributed by atoms with Gasteiger partial charge in [0.25, 0.3) is 5.91 Å². The van der Waals surface area contributed by atoms with E-state index in [-0.39, 0.29) is 5.91 Å². The molecule has 136 valence electrons. The number of anilines is 1. The van der Waals surface area contributed by atoms with Gasteiger partial charge in [0.1, 0.15) is 6.29 Å². The molecule has 1 atom stereocenters. The number of hydrogen-bond acceptors (Lipinski definition) is 5. The van der Waals surface area contributed by atoms with Crippen molar-refractivity contribution in [2.24, 2.45) is 0 Å². The second-order valence-corrected chi connectivity index (χ2v) is 6.72. The maximum atomic E-state index is 12.5. The van der Waals surface area contributed by atoms with E-state index >= 15 is 0 Å². The summed E-state index contributed by atoms with van der Waals surface area (Å²) in [5.74, 6) is 0.0764. The zero-order valence-corrected chi connectivity index (χ0v) is 14.7. The fourth-order valence-electron chi connectivity index (χ4n) is 3.51. The number of hydrogen-bond donors (Lipinski definition) is 1. The molecule has 0 saturated carbocycles. The van der Waals surface area contributed by atoms with Crippen LogP contribution in [0.1, 0.15) is 29.6 Å². The summed E-state index contributed by atoms with van der Waals surface area (Å²) in [6, 6.07) is 8.15. The van der Waals surface area contributed by atoms with Crippen molar-refractivity contribution in [3.63, 3.8) is 0 Å². The van der Waals surface area contributed by atoms with Crippen LogP contribution in [0.25, 0.3) is 0 Å². The van der Waals surface area contributed by atoms with E-state index < -0.39 is 0 Å². The first-order valence-corrected chi connectivity index (χ1v) is 9.16. The molecule has 0 aliphatic carbocycles. The molecule has 0 radical (unpaired) electrons. The Balaban J connectivity index is 1.53. The van der Waals surface area contributed by atoms with Crippen LogP contribution in [0.15, 0.2) is 24.3 Å². The maximum Gasteiger partial charge on any atom is 0.254 e. The number of nitrogens with one attached hydrogen (secondary N) is 1. The van der Waals surface area contributed by atoms with Gasteiger partial charge in [-0.1, -0.05) is 0 Å². The molecular weight excluding hydrogens is 318 g/mol. The van der Waals surface area contributed by atoms with E-state index in [1.54, 1.807) is 0 Å². The highest BCUT2D eigenvalue weighted by Crippen LogP contribution is 2.18. The monoisotopic (exact) mass is 345 g/mol. The van der Waals surface area contributed by atoms with E-state index in [0.29, 0.717) is 38.8 Å². The fourth-order valence-corrected chi connectivity index (χ4v) is 3.51. The molecular formula is C19H27N3O3. The maximum absolute atomic E-state index is 12.5. The topological polar surface area (TPSA) is 61.9 Å². The number of benzene rings is 1. The summed E-state index contributed by atoms with van der Waals surface area (Å²) in [5, 5.41) is 3.56. The lowest BCUT2D eigenvalue weighted by molar-refractivity contribution is -0.108. The molecule has 2 fully saturated rings. The van der Waals surface area contributed by atoms with Crippen LogP contribution in [0.3, 0.4) is 0 Å². The van der Waals surface area contributed by atoms with Gasteiger partial charge >= 0.3 is 0 Å². The molecule has 6 heteroatoms. The smallest absolute Gasteiger partial charge is 0.254 e. The zero-order chi connectivity index (χ0) is 17.5. The first kappa shape index (κ1) is 17.9. The number of carbonyl (C=O) groups is 2. The average molecular weight is 345 g/mol. The van der Waals surface area contributed by atoms with E-state index in [9.17, 15) is 9.59 Å². The number of nitrogens with zero attached hydrogens (tertiary/aromatic N) is 2. The van der Waals surface area contributed by atoms with E-state index in [1.165, 1.54) is 0 Å². The number of likely N-dealkylation sites (tertiary alicyclic amines) is 1. The molecule has 0 aromatic heterocycles. The number of carbonyl (C=O) groups excluding carboxylic acids is 2. The lowest BCUT2D eigenvalue weighted by Gasteiger charge is -2.33. The Morgan fingerprint density at radius 3 is 2.68 bits per heavy atom. The zero-order valence-electron chi connectivity index (χ0n) is 14.7. The first-order chi connectivity index (χ1) is 12.3. The average Bonchev–Trinajstić information content (AvgIpc) is 2.67. The highest BCUT2D eigenvalue weighted by Gasteiger charge is 2.20. The lowest BCUT2D eigenvalue weighted by atomic mass is 10.0. The molecule has 2 aliphatic heterocycles. The summed E-state index contributed by atoms with van der Waals surface area (Å²) in [4.78, 5) is 27.2. The number of rotatable bonds is 6. The Morgan fingerprint density at radius 1 is 1.20 bits per heavy atom. The largest absolute Gasteiger partial charge is 0.381 e. The van der Waals surface area contributed by atoms with Gasteiger partial charge in [0.15, 0.2) is 0 Å². The molecule has 2 heterocycles. The van der Waals surface area contributed by atoms with Gasteiger partial charge in [-0.2, -0.15) is 0 Å². The number of morpholine rings is 1. The van der Waals surface area contributed by atoms with Crippen molar-refractivity contribution in [2.45, 2.75) is 25.3 Å². The summed E-state index contributed by atoms with van der Waals surface area (Å²) in [7, 11) is 0. The third-order valence-corrected chi connectivity index (χ3v) is 4.87. The van der Waals surface area contributed by atoms with Crippen LogP contribution in [0.5, 0.6) is 0 Å². The van der Waals surface area contributed by atoms with Crippen LogP contribution in [0, 0.1) is 0 Å². The Hall–Kier alpha value is -1.92. The van der Waals surface area contributed by atoms with Crippen molar-refractivity contribution >= 4 is 17.9 Å². The van der Waals surface area contributed by atoms with Gasteiger partial charge in [-0.3, -0.25) is 4.79 Å². The normalized spacial score (nSPS) is 21.8. The highest BCUT2D eigenvalue weighted by atomic mass is 16.5. The minimum absolute atomic E-state index is 0.0764. The van der Waals surface area contributed by atoms with Gasteiger partial charge in [0.05, 0.1) is 13.2 Å². The number of aldehydes is 1. The summed E-state index contributed by atoms with van der Waals surface area (Å²) in [6.45, 7) is 5.44. The number of piperidine rings is 1. The van der Waals surface area contributed by atoms with Crippen molar-refractivity contribution in [3.05, 3.63) is 29.8 Å². The minimum atomic E-state index is 0.0764. The van der Waals surface area contributed by atoms with Crippen LogP contribution >= 0.6 is 0 Å². The van der Waals surface area contributed by atoms with Gasteiger partial charge in [-0.15, -0.1) is 0 Å². The molecule has 0 spiro atoms. The Morgan fingerprint density at radius 2 is 1.96 bits per heavy atom. The predicted molar refractivity (Wildman–Crippen MR) is 96.9 cm³/mol. The molecule has 1 amide bonds. The highest BCUT2D eigenvalue weighted by molar-refractivity contribution is 5.94. The van der Waals surface area contributed by atoms with Gasteiger partial charge in [-0.05, 0) is 43.7 Å². The fraction of sp³-hybridized carbons (Fsp3) is 0.579. The van der Waals surface area contributed by atoms with Crippen molar-refractivity contribution in [2.75, 3.05) is 51.3 Å². The van der Waals surface area contributed by atoms with Crippen molar-refractivity contribution in [1.82, 2.24) is 9.80 Å². The molecule has 25 heavy (non-hydrogen) atoms. The van der Waals surface area contributed by atoms with Crippen LogP contribution < -0.4 is 5.32 Å². The first-order valence-electron chi connectivity index (χ1n) is 9.16. The van der Waals surface area contributed by atoms with E-state index in [4.69, 9.17) is 4.74 Å². The van der Waals surface area contributed by atoms with Crippen LogP contribution in [-0.2, 0) is 9.53 Å². The van der Waals surface area contributed by atoms with Gasteiger partial charge in [0.2, 0.25) is 0 Å². The van der Waals surface area contributed by atoms with Crippen molar-refractivity contribution in [3.8, 4) is 0 Å². The summed E-state index contributed by atoms with van der Waals surface area (Å²) in [5.41, 5.74) is 1.77.